The summed E-state index contributed by atoms with van der Waals surface area (Å²) in [6, 6.07) is -0.322. The van der Waals surface area contributed by atoms with E-state index in [0.29, 0.717) is 25.8 Å². The van der Waals surface area contributed by atoms with Crippen LogP contribution in [0.25, 0.3) is 0 Å². The first-order valence-corrected chi connectivity index (χ1v) is 28.7. The average Bonchev–Trinajstić information content (AvgIpc) is 3.35. The second-order valence-electron chi connectivity index (χ2n) is 19.7. The van der Waals surface area contributed by atoms with E-state index in [4.69, 9.17) is 28.4 Å². The molecular weight excluding hydrogens is 923 g/mol. The molecule has 0 aromatic heterocycles. The third-order valence-corrected chi connectivity index (χ3v) is 12.3. The molecule has 0 saturated heterocycles. The van der Waals surface area contributed by atoms with Crippen molar-refractivity contribution in [2.75, 3.05) is 66.7 Å². The highest BCUT2D eigenvalue weighted by Crippen LogP contribution is 2.14. The highest BCUT2D eigenvalue weighted by Gasteiger charge is 2.23. The number of carbonyl (C=O) groups excluding carboxylic acids is 6. The maximum atomic E-state index is 13.5. The monoisotopic (exact) mass is 1030 g/mol. The summed E-state index contributed by atoms with van der Waals surface area (Å²) in [6.45, 7) is 9.43. The summed E-state index contributed by atoms with van der Waals surface area (Å²) in [4.78, 5) is 80.7. The number of nitrogens with one attached hydrogen (secondary N) is 1. The van der Waals surface area contributed by atoms with Gasteiger partial charge in [0.2, 0.25) is 0 Å². The predicted molar refractivity (Wildman–Crippen MR) is 283 cm³/mol. The Balaban J connectivity index is 5.56. The highest BCUT2D eigenvalue weighted by molar-refractivity contribution is 5.74. The van der Waals surface area contributed by atoms with E-state index in [1.807, 2.05) is 19.0 Å². The molecule has 0 spiro atoms. The Kier molecular flexibility index (Phi) is 47.3. The molecule has 0 bridgehead atoms. The molecule has 1 unspecified atom stereocenters. The Hall–Kier alpha value is -3.50. The van der Waals surface area contributed by atoms with Gasteiger partial charge in [0.05, 0.1) is 0 Å². The number of hydrogen-bond acceptors (Lipinski definition) is 14. The van der Waals surface area contributed by atoms with Gasteiger partial charge in [0.15, 0.2) is 12.4 Å². The third kappa shape index (κ3) is 45.1. The topological polar surface area (TPSA) is 197 Å². The predicted octanol–water partition coefficient (Wildman–Crippen LogP) is 11.3. The average molecular weight is 1030 g/mol. The number of ether oxygens (including phenoxy) is 6. The van der Waals surface area contributed by atoms with E-state index in [2.05, 4.69) is 33.0 Å². The maximum absolute atomic E-state index is 13.5. The fourth-order valence-electron chi connectivity index (χ4n) is 7.90. The minimum Gasteiger partial charge on any atom is -0.463 e. The summed E-state index contributed by atoms with van der Waals surface area (Å²) in [6.07, 6.45) is 23.9. The Morgan fingerprint density at radius 3 is 1.15 bits per heavy atom. The van der Waals surface area contributed by atoms with Gasteiger partial charge in [-0.05, 0) is 72.0 Å². The molecular formula is C56H105N3O13. The van der Waals surface area contributed by atoms with Crippen molar-refractivity contribution in [3.05, 3.63) is 0 Å². The van der Waals surface area contributed by atoms with E-state index in [1.54, 1.807) is 4.90 Å². The molecule has 0 radical (unpaired) electrons. The van der Waals surface area contributed by atoms with Crippen LogP contribution in [0.4, 0.5) is 4.79 Å². The molecule has 0 aliphatic heterocycles. The number of amides is 2. The Bertz CT molecular complexity index is 1290. The number of aliphatic hydroxyl groups is 1. The Labute approximate surface area is 436 Å². The van der Waals surface area contributed by atoms with Gasteiger partial charge in [-0.25, -0.2) is 4.79 Å². The first kappa shape index (κ1) is 68.5. The SMILES string of the molecule is CCCCCCCCC(=O)OCC(COC(=O)CCCCCCCC)OC(=O)CCCN(CCCC(O)OC(COC(=O)CCCCCCCC)COC(=O)CCCCCCCC)C(=O)NCCCN(C)C. The fraction of sp³-hybridized carbons (Fsp3) is 0.893. The van der Waals surface area contributed by atoms with Crippen LogP contribution in [-0.2, 0) is 52.4 Å². The van der Waals surface area contributed by atoms with Gasteiger partial charge < -0.3 is 48.6 Å². The lowest BCUT2D eigenvalue weighted by Gasteiger charge is -2.25. The van der Waals surface area contributed by atoms with Crippen LogP contribution in [0.5, 0.6) is 0 Å². The summed E-state index contributed by atoms with van der Waals surface area (Å²) in [5, 5.41) is 14.0. The molecule has 16 nitrogen and oxygen atoms in total. The number of hydrogen-bond donors (Lipinski definition) is 2. The van der Waals surface area contributed by atoms with E-state index in [0.717, 1.165) is 129 Å². The van der Waals surface area contributed by atoms with Crippen LogP contribution in [0.1, 0.15) is 240 Å². The number of urea groups is 1. The van der Waals surface area contributed by atoms with Gasteiger partial charge in [0.25, 0.3) is 0 Å². The number of rotatable bonds is 51. The minimum atomic E-state index is -1.30. The first-order valence-electron chi connectivity index (χ1n) is 28.7. The van der Waals surface area contributed by atoms with Crippen LogP contribution < -0.4 is 5.32 Å². The normalized spacial score (nSPS) is 11.8. The van der Waals surface area contributed by atoms with Crippen LogP contribution in [0, 0.1) is 0 Å². The number of nitrogens with zero attached hydrogens (tertiary/aromatic N) is 2. The zero-order valence-corrected chi connectivity index (χ0v) is 46.5. The molecule has 0 heterocycles. The maximum Gasteiger partial charge on any atom is 0.317 e. The second kappa shape index (κ2) is 49.7. The summed E-state index contributed by atoms with van der Waals surface area (Å²) in [5.41, 5.74) is 0. The van der Waals surface area contributed by atoms with Gasteiger partial charge in [0, 0.05) is 51.7 Å². The molecule has 0 aliphatic rings. The van der Waals surface area contributed by atoms with E-state index in [-0.39, 0.29) is 102 Å². The first-order chi connectivity index (χ1) is 34.8. The van der Waals surface area contributed by atoms with Crippen LogP contribution in [-0.4, -0.2) is 136 Å². The molecule has 0 aromatic carbocycles. The van der Waals surface area contributed by atoms with Gasteiger partial charge >= 0.3 is 35.9 Å². The summed E-state index contributed by atoms with van der Waals surface area (Å²) >= 11 is 0. The second-order valence-corrected chi connectivity index (χ2v) is 19.7. The zero-order valence-electron chi connectivity index (χ0n) is 46.5. The standard InChI is InChI=1S/C56H105N3O13/c1-7-11-15-19-23-27-34-50(60)67-44-48(45-68-51(61)35-28-24-20-16-12-8-2)71-54(64)38-31-42-59(56(66)57-40-33-41-58(5)6)43-32-39-55(65)72-49(46-69-52(62)36-29-25-21-17-13-9-3)47-70-53(63)37-30-26-22-18-14-10-4/h48-49,54,64H,7-47H2,1-6H3,(H,57,66). The molecule has 1 atom stereocenters. The third-order valence-electron chi connectivity index (χ3n) is 12.3. The number of carbonyl (C=O) groups is 6. The van der Waals surface area contributed by atoms with Crippen molar-refractivity contribution in [1.29, 1.82) is 0 Å². The van der Waals surface area contributed by atoms with Gasteiger partial charge in [-0.1, -0.05) is 156 Å². The molecule has 0 aromatic rings. The van der Waals surface area contributed by atoms with Gasteiger partial charge in [-0.15, -0.1) is 0 Å². The summed E-state index contributed by atoms with van der Waals surface area (Å²) in [5.74, 6) is -2.12. The fourth-order valence-corrected chi connectivity index (χ4v) is 7.90. The zero-order chi connectivity index (χ0) is 53.3. The van der Waals surface area contributed by atoms with Crippen molar-refractivity contribution in [2.45, 2.75) is 258 Å². The molecule has 0 rings (SSSR count). The van der Waals surface area contributed by atoms with Gasteiger partial charge in [0.1, 0.15) is 32.5 Å². The highest BCUT2D eigenvalue weighted by atomic mass is 16.6. The molecule has 2 amide bonds. The largest absolute Gasteiger partial charge is 0.463 e. The van der Waals surface area contributed by atoms with Crippen LogP contribution >= 0.6 is 0 Å². The van der Waals surface area contributed by atoms with E-state index >= 15 is 0 Å². The van der Waals surface area contributed by atoms with E-state index in [1.165, 1.54) is 25.7 Å². The molecule has 72 heavy (non-hydrogen) atoms. The van der Waals surface area contributed by atoms with E-state index < -0.39 is 36.4 Å². The van der Waals surface area contributed by atoms with Crippen LogP contribution in [0.2, 0.25) is 0 Å². The molecule has 2 N–H and O–H groups in total. The minimum absolute atomic E-state index is 0.0547. The van der Waals surface area contributed by atoms with Crippen molar-refractivity contribution in [2.24, 2.45) is 0 Å². The lowest BCUT2D eigenvalue weighted by atomic mass is 10.1. The Morgan fingerprint density at radius 2 is 0.764 bits per heavy atom. The summed E-state index contributed by atoms with van der Waals surface area (Å²) < 4.78 is 33.6. The van der Waals surface area contributed by atoms with Crippen molar-refractivity contribution in [3.63, 3.8) is 0 Å². The van der Waals surface area contributed by atoms with E-state index in [9.17, 15) is 33.9 Å². The lowest BCUT2D eigenvalue weighted by Crippen LogP contribution is -2.42. The Morgan fingerprint density at radius 1 is 0.417 bits per heavy atom. The lowest BCUT2D eigenvalue weighted by molar-refractivity contribution is -0.183. The summed E-state index contributed by atoms with van der Waals surface area (Å²) in [7, 11) is 3.91. The van der Waals surface area contributed by atoms with Gasteiger partial charge in [-0.2, -0.15) is 0 Å². The molecule has 0 fully saturated rings. The quantitative estimate of drug-likeness (QED) is 0.0253. The number of unbranched alkanes of at least 4 members (excludes halogenated alkanes) is 20. The number of esters is 5. The molecule has 422 valence electrons. The smallest absolute Gasteiger partial charge is 0.317 e. The van der Waals surface area contributed by atoms with Gasteiger partial charge in [-0.3, -0.25) is 24.0 Å². The van der Waals surface area contributed by atoms with Crippen molar-refractivity contribution in [3.8, 4) is 0 Å². The molecule has 16 heteroatoms. The molecule has 0 saturated carbocycles. The van der Waals surface area contributed by atoms with Crippen molar-refractivity contribution >= 4 is 35.9 Å². The van der Waals surface area contributed by atoms with Crippen molar-refractivity contribution in [1.82, 2.24) is 15.1 Å². The molecule has 0 aliphatic carbocycles. The number of aliphatic hydroxyl groups excluding tert-OH is 1. The van der Waals surface area contributed by atoms with Crippen LogP contribution in [0.15, 0.2) is 0 Å². The van der Waals surface area contributed by atoms with Crippen LogP contribution in [0.3, 0.4) is 0 Å². The van der Waals surface area contributed by atoms with Crippen molar-refractivity contribution < 1.29 is 62.3 Å².